The first kappa shape index (κ1) is 13.2. The van der Waals surface area contributed by atoms with Crippen LogP contribution in [0.5, 0.6) is 11.5 Å². The van der Waals surface area contributed by atoms with Gasteiger partial charge in [0.1, 0.15) is 12.6 Å². The average molecular weight is 264 g/mol. The van der Waals surface area contributed by atoms with Crippen LogP contribution in [0.25, 0.3) is 0 Å². The topological polar surface area (TPSA) is 67.9 Å². The van der Waals surface area contributed by atoms with Gasteiger partial charge in [0, 0.05) is 11.8 Å². The number of nitrogens with zero attached hydrogens (tertiary/aromatic N) is 1. The third kappa shape index (κ3) is 2.47. The van der Waals surface area contributed by atoms with Crippen molar-refractivity contribution in [1.29, 1.82) is 0 Å². The van der Waals surface area contributed by atoms with Crippen LogP contribution >= 0.6 is 0 Å². The average Bonchev–Trinajstić information content (AvgIpc) is 2.42. The molecule has 1 saturated heterocycles. The van der Waals surface area contributed by atoms with E-state index in [1.54, 1.807) is 32.2 Å². The van der Waals surface area contributed by atoms with Gasteiger partial charge < -0.3 is 19.7 Å². The number of benzene rings is 1. The van der Waals surface area contributed by atoms with Gasteiger partial charge >= 0.3 is 0 Å². The Kier molecular flexibility index (Phi) is 3.59. The van der Waals surface area contributed by atoms with Gasteiger partial charge in [-0.1, -0.05) is 0 Å². The smallest absolute Gasteiger partial charge is 0.249 e. The summed E-state index contributed by atoms with van der Waals surface area (Å²) in [6, 6.07) is 4.60. The van der Waals surface area contributed by atoms with Crippen LogP contribution in [-0.4, -0.2) is 38.6 Å². The number of piperazine rings is 1. The summed E-state index contributed by atoms with van der Waals surface area (Å²) in [4.78, 5) is 25.0. The van der Waals surface area contributed by atoms with Gasteiger partial charge in [0.15, 0.2) is 11.5 Å². The predicted octanol–water partition coefficient (Wildman–Crippen LogP) is 0.555. The van der Waals surface area contributed by atoms with Crippen molar-refractivity contribution >= 4 is 17.5 Å². The van der Waals surface area contributed by atoms with Crippen molar-refractivity contribution in [1.82, 2.24) is 5.32 Å². The lowest BCUT2D eigenvalue weighted by molar-refractivity contribution is -0.130. The highest BCUT2D eigenvalue weighted by Gasteiger charge is 2.30. The van der Waals surface area contributed by atoms with Crippen molar-refractivity contribution in [3.63, 3.8) is 0 Å². The number of hydrogen-bond acceptors (Lipinski definition) is 4. The number of hydrogen-bond donors (Lipinski definition) is 1. The minimum absolute atomic E-state index is 0.0126. The van der Waals surface area contributed by atoms with Crippen LogP contribution in [-0.2, 0) is 9.59 Å². The predicted molar refractivity (Wildman–Crippen MR) is 69.5 cm³/mol. The van der Waals surface area contributed by atoms with Crippen LogP contribution in [0.1, 0.15) is 6.92 Å². The summed E-state index contributed by atoms with van der Waals surface area (Å²) in [6.07, 6.45) is 0. The molecule has 0 aromatic heterocycles. The van der Waals surface area contributed by atoms with Crippen LogP contribution in [0, 0.1) is 0 Å². The molecule has 1 aromatic carbocycles. The summed E-state index contributed by atoms with van der Waals surface area (Å²) < 4.78 is 10.3. The number of rotatable bonds is 3. The molecular formula is C13H16N2O4. The molecule has 6 heteroatoms. The van der Waals surface area contributed by atoms with Gasteiger partial charge in [-0.25, -0.2) is 0 Å². The molecule has 1 atom stereocenters. The highest BCUT2D eigenvalue weighted by atomic mass is 16.5. The van der Waals surface area contributed by atoms with E-state index >= 15 is 0 Å². The zero-order valence-corrected chi connectivity index (χ0v) is 11.1. The lowest BCUT2D eigenvalue weighted by Crippen LogP contribution is -2.57. The van der Waals surface area contributed by atoms with Gasteiger partial charge in [-0.15, -0.1) is 0 Å². The van der Waals surface area contributed by atoms with E-state index in [9.17, 15) is 9.59 Å². The van der Waals surface area contributed by atoms with Gasteiger partial charge in [-0.2, -0.15) is 0 Å². The molecule has 0 bridgehead atoms. The lowest BCUT2D eigenvalue weighted by atomic mass is 10.1. The first-order valence-electron chi connectivity index (χ1n) is 5.89. The quantitative estimate of drug-likeness (QED) is 0.866. The Bertz CT molecular complexity index is 515. The van der Waals surface area contributed by atoms with Gasteiger partial charge in [0.2, 0.25) is 11.8 Å². The molecule has 0 saturated carbocycles. The molecule has 19 heavy (non-hydrogen) atoms. The number of amides is 2. The Morgan fingerprint density at radius 3 is 2.53 bits per heavy atom. The standard InChI is InChI=1S/C13H16N2O4/c1-8-13(17)15(7-12(16)14-8)9-4-5-10(18-2)11(6-9)19-3/h4-6,8H,7H2,1-3H3,(H,14,16). The largest absolute Gasteiger partial charge is 0.493 e. The fourth-order valence-corrected chi connectivity index (χ4v) is 2.02. The molecule has 2 rings (SSSR count). The Hall–Kier alpha value is -2.24. The zero-order valence-electron chi connectivity index (χ0n) is 11.1. The summed E-state index contributed by atoms with van der Waals surface area (Å²) in [6.45, 7) is 1.67. The fraction of sp³-hybridized carbons (Fsp3) is 0.385. The molecule has 1 aromatic rings. The van der Waals surface area contributed by atoms with Gasteiger partial charge in [0.25, 0.3) is 0 Å². The van der Waals surface area contributed by atoms with Crippen molar-refractivity contribution in [3.8, 4) is 11.5 Å². The molecular weight excluding hydrogens is 248 g/mol. The van der Waals surface area contributed by atoms with E-state index in [0.717, 1.165) is 0 Å². The lowest BCUT2D eigenvalue weighted by Gasteiger charge is -2.31. The van der Waals surface area contributed by atoms with Crippen LogP contribution < -0.4 is 19.7 Å². The summed E-state index contributed by atoms with van der Waals surface area (Å²) in [5.41, 5.74) is 0.615. The summed E-state index contributed by atoms with van der Waals surface area (Å²) in [5, 5.41) is 2.59. The minimum atomic E-state index is -0.519. The van der Waals surface area contributed by atoms with E-state index in [1.165, 1.54) is 12.0 Å². The van der Waals surface area contributed by atoms with Crippen molar-refractivity contribution in [3.05, 3.63) is 18.2 Å². The van der Waals surface area contributed by atoms with E-state index in [4.69, 9.17) is 9.47 Å². The third-order valence-electron chi connectivity index (χ3n) is 2.99. The summed E-state index contributed by atoms with van der Waals surface area (Å²) >= 11 is 0. The maximum Gasteiger partial charge on any atom is 0.249 e. The van der Waals surface area contributed by atoms with E-state index in [2.05, 4.69) is 5.32 Å². The van der Waals surface area contributed by atoms with E-state index in [0.29, 0.717) is 17.2 Å². The Morgan fingerprint density at radius 1 is 1.21 bits per heavy atom. The van der Waals surface area contributed by atoms with Gasteiger partial charge in [-0.3, -0.25) is 9.59 Å². The monoisotopic (exact) mass is 264 g/mol. The van der Waals surface area contributed by atoms with Crippen LogP contribution in [0.3, 0.4) is 0 Å². The van der Waals surface area contributed by atoms with Crippen molar-refractivity contribution in [2.45, 2.75) is 13.0 Å². The number of nitrogens with one attached hydrogen (secondary N) is 1. The molecule has 1 N–H and O–H groups in total. The molecule has 6 nitrogen and oxygen atoms in total. The maximum absolute atomic E-state index is 12.1. The highest BCUT2D eigenvalue weighted by molar-refractivity contribution is 6.06. The molecule has 0 spiro atoms. The molecule has 1 aliphatic heterocycles. The number of carbonyl (C=O) groups is 2. The Labute approximate surface area is 111 Å². The molecule has 2 amide bonds. The molecule has 1 heterocycles. The fourth-order valence-electron chi connectivity index (χ4n) is 2.02. The van der Waals surface area contributed by atoms with E-state index in [1.807, 2.05) is 0 Å². The van der Waals surface area contributed by atoms with Crippen LogP contribution in [0.15, 0.2) is 18.2 Å². The molecule has 1 aliphatic rings. The van der Waals surface area contributed by atoms with E-state index < -0.39 is 6.04 Å². The second-order valence-electron chi connectivity index (χ2n) is 4.25. The first-order chi connectivity index (χ1) is 9.06. The molecule has 1 fully saturated rings. The van der Waals surface area contributed by atoms with Crippen molar-refractivity contribution in [2.75, 3.05) is 25.7 Å². The normalized spacial score (nSPS) is 19.1. The van der Waals surface area contributed by atoms with Gasteiger partial charge in [0.05, 0.1) is 14.2 Å². The SMILES string of the molecule is COc1ccc(N2CC(=O)NC(C)C2=O)cc1OC. The minimum Gasteiger partial charge on any atom is -0.493 e. The van der Waals surface area contributed by atoms with Crippen molar-refractivity contribution in [2.24, 2.45) is 0 Å². The molecule has 102 valence electrons. The number of carbonyl (C=O) groups excluding carboxylic acids is 2. The molecule has 1 unspecified atom stereocenters. The summed E-state index contributed by atoms with van der Waals surface area (Å²) in [7, 11) is 3.06. The third-order valence-corrected chi connectivity index (χ3v) is 2.99. The van der Waals surface area contributed by atoms with Crippen LogP contribution in [0.4, 0.5) is 5.69 Å². The zero-order chi connectivity index (χ0) is 14.0. The number of anilines is 1. The van der Waals surface area contributed by atoms with E-state index in [-0.39, 0.29) is 18.4 Å². The number of methoxy groups -OCH3 is 2. The van der Waals surface area contributed by atoms with Crippen molar-refractivity contribution < 1.29 is 19.1 Å². The number of ether oxygens (including phenoxy) is 2. The second-order valence-corrected chi connectivity index (χ2v) is 4.25. The Balaban J connectivity index is 2.35. The maximum atomic E-state index is 12.1. The Morgan fingerprint density at radius 2 is 1.89 bits per heavy atom. The van der Waals surface area contributed by atoms with Gasteiger partial charge in [-0.05, 0) is 19.1 Å². The second kappa shape index (κ2) is 5.17. The first-order valence-corrected chi connectivity index (χ1v) is 5.89. The highest BCUT2D eigenvalue weighted by Crippen LogP contribution is 2.32. The molecule has 0 radical (unpaired) electrons. The summed E-state index contributed by atoms with van der Waals surface area (Å²) in [5.74, 6) is 0.772. The molecule has 0 aliphatic carbocycles. The van der Waals surface area contributed by atoms with Crippen LogP contribution in [0.2, 0.25) is 0 Å².